The van der Waals surface area contributed by atoms with E-state index in [-0.39, 0.29) is 0 Å². The fourth-order valence-electron chi connectivity index (χ4n) is 3.22. The maximum absolute atomic E-state index is 5.85. The maximum atomic E-state index is 5.85. The molecule has 1 aliphatic heterocycles. The lowest BCUT2D eigenvalue weighted by molar-refractivity contribution is 0.321. The van der Waals surface area contributed by atoms with Crippen molar-refractivity contribution < 1.29 is 4.74 Å². The second-order valence-corrected chi connectivity index (χ2v) is 6.05. The molecule has 0 spiro atoms. The van der Waals surface area contributed by atoms with Crippen LogP contribution in [0, 0.1) is 5.92 Å². The zero-order valence-electron chi connectivity index (χ0n) is 13.0. The molecule has 21 heavy (non-hydrogen) atoms. The molecule has 1 aliphatic rings. The number of rotatable bonds is 6. The van der Waals surface area contributed by atoms with Crippen molar-refractivity contribution in [3.05, 3.63) is 30.5 Å². The fraction of sp³-hybridized carbons (Fsp3) is 0.556. The van der Waals surface area contributed by atoms with Crippen LogP contribution < -0.4 is 10.1 Å². The van der Waals surface area contributed by atoms with E-state index in [0.717, 1.165) is 31.2 Å². The molecule has 1 aromatic carbocycles. The molecule has 2 aromatic rings. The summed E-state index contributed by atoms with van der Waals surface area (Å²) in [6, 6.07) is 8.58. The Bertz CT molecular complexity index is 570. The molecule has 0 radical (unpaired) electrons. The first-order valence-electron chi connectivity index (χ1n) is 8.30. The van der Waals surface area contributed by atoms with Crippen molar-refractivity contribution in [3.63, 3.8) is 0 Å². The number of nitrogens with one attached hydrogen (secondary N) is 1. The number of nitrogens with zero attached hydrogens (tertiary/aromatic N) is 1. The molecule has 0 saturated carbocycles. The summed E-state index contributed by atoms with van der Waals surface area (Å²) in [5.74, 6) is 1.85. The van der Waals surface area contributed by atoms with Crippen LogP contribution in [0.4, 0.5) is 0 Å². The molecule has 1 aromatic heterocycles. The first-order valence-corrected chi connectivity index (χ1v) is 8.30. The Balaban J connectivity index is 1.70. The van der Waals surface area contributed by atoms with Crippen LogP contribution in [0.3, 0.4) is 0 Å². The van der Waals surface area contributed by atoms with Gasteiger partial charge in [-0.25, -0.2) is 0 Å². The van der Waals surface area contributed by atoms with Crippen LogP contribution in [0.2, 0.25) is 0 Å². The van der Waals surface area contributed by atoms with Gasteiger partial charge in [0, 0.05) is 18.1 Å². The van der Waals surface area contributed by atoms with Crippen molar-refractivity contribution in [1.82, 2.24) is 9.88 Å². The van der Waals surface area contributed by atoms with E-state index in [4.69, 9.17) is 4.74 Å². The van der Waals surface area contributed by atoms with Gasteiger partial charge in [0.25, 0.3) is 0 Å². The van der Waals surface area contributed by atoms with Gasteiger partial charge in [-0.2, -0.15) is 0 Å². The molecule has 3 rings (SSSR count). The molecular formula is C18H26N2O. The molecule has 114 valence electrons. The van der Waals surface area contributed by atoms with E-state index in [1.54, 1.807) is 0 Å². The van der Waals surface area contributed by atoms with Crippen LogP contribution in [0.5, 0.6) is 5.75 Å². The van der Waals surface area contributed by atoms with Gasteiger partial charge in [0.15, 0.2) is 0 Å². The number of fused-ring (bicyclic) bond motifs is 1. The van der Waals surface area contributed by atoms with E-state index >= 15 is 0 Å². The van der Waals surface area contributed by atoms with E-state index in [1.165, 1.54) is 43.3 Å². The molecule has 0 bridgehead atoms. The highest BCUT2D eigenvalue weighted by Crippen LogP contribution is 2.27. The van der Waals surface area contributed by atoms with E-state index in [1.807, 2.05) is 0 Å². The van der Waals surface area contributed by atoms with Gasteiger partial charge >= 0.3 is 0 Å². The monoisotopic (exact) mass is 286 g/mol. The smallest absolute Gasteiger partial charge is 0.128 e. The van der Waals surface area contributed by atoms with Gasteiger partial charge in [-0.3, -0.25) is 0 Å². The van der Waals surface area contributed by atoms with Gasteiger partial charge in [0.05, 0.1) is 12.1 Å². The number of aromatic nitrogens is 1. The minimum Gasteiger partial charge on any atom is -0.493 e. The standard InChI is InChI=1S/C18H26N2O/c1-2-13-21-18-7-3-6-17-16(18)9-12-20(17)11-8-15-5-4-10-19-14-15/h3,6-7,9,12,15,19H,2,4-5,8,10-11,13-14H2,1H3. The van der Waals surface area contributed by atoms with Gasteiger partial charge in [0.2, 0.25) is 0 Å². The Morgan fingerprint density at radius 1 is 1.33 bits per heavy atom. The zero-order valence-corrected chi connectivity index (χ0v) is 13.0. The summed E-state index contributed by atoms with van der Waals surface area (Å²) in [6.07, 6.45) is 7.21. The maximum Gasteiger partial charge on any atom is 0.128 e. The highest BCUT2D eigenvalue weighted by Gasteiger charge is 2.13. The zero-order chi connectivity index (χ0) is 14.5. The normalized spacial score (nSPS) is 19.0. The second kappa shape index (κ2) is 6.99. The Labute approximate surface area is 127 Å². The van der Waals surface area contributed by atoms with Crippen molar-refractivity contribution in [2.45, 2.75) is 39.2 Å². The summed E-state index contributed by atoms with van der Waals surface area (Å²) in [4.78, 5) is 0. The molecule has 1 unspecified atom stereocenters. The number of piperidine rings is 1. The molecule has 2 heterocycles. The van der Waals surface area contributed by atoms with Gasteiger partial charge in [-0.15, -0.1) is 0 Å². The first-order chi connectivity index (χ1) is 10.4. The fourth-order valence-corrected chi connectivity index (χ4v) is 3.22. The van der Waals surface area contributed by atoms with E-state index in [9.17, 15) is 0 Å². The Hall–Kier alpha value is -1.48. The predicted molar refractivity (Wildman–Crippen MR) is 87.9 cm³/mol. The highest BCUT2D eigenvalue weighted by molar-refractivity contribution is 5.86. The summed E-state index contributed by atoms with van der Waals surface area (Å²) in [5, 5.41) is 4.75. The van der Waals surface area contributed by atoms with E-state index in [2.05, 4.69) is 47.3 Å². The molecule has 1 N–H and O–H groups in total. The van der Waals surface area contributed by atoms with Crippen LogP contribution in [-0.4, -0.2) is 24.3 Å². The summed E-state index contributed by atoms with van der Waals surface area (Å²) in [7, 11) is 0. The number of aryl methyl sites for hydroxylation is 1. The summed E-state index contributed by atoms with van der Waals surface area (Å²) in [6.45, 7) is 6.42. The Morgan fingerprint density at radius 2 is 2.29 bits per heavy atom. The van der Waals surface area contributed by atoms with Crippen molar-refractivity contribution in [2.24, 2.45) is 5.92 Å². The minimum atomic E-state index is 0.790. The summed E-state index contributed by atoms with van der Waals surface area (Å²) < 4.78 is 8.23. The van der Waals surface area contributed by atoms with Crippen LogP contribution in [0.15, 0.2) is 30.5 Å². The van der Waals surface area contributed by atoms with Crippen molar-refractivity contribution in [1.29, 1.82) is 0 Å². The van der Waals surface area contributed by atoms with Crippen LogP contribution in [-0.2, 0) is 6.54 Å². The molecule has 0 aliphatic carbocycles. The lowest BCUT2D eigenvalue weighted by Crippen LogP contribution is -2.30. The van der Waals surface area contributed by atoms with Crippen molar-refractivity contribution >= 4 is 10.9 Å². The lowest BCUT2D eigenvalue weighted by Gasteiger charge is -2.22. The largest absolute Gasteiger partial charge is 0.493 e. The van der Waals surface area contributed by atoms with Crippen LogP contribution in [0.25, 0.3) is 10.9 Å². The summed E-state index contributed by atoms with van der Waals surface area (Å²) >= 11 is 0. The molecule has 3 heteroatoms. The molecule has 1 atom stereocenters. The van der Waals surface area contributed by atoms with Crippen LogP contribution in [0.1, 0.15) is 32.6 Å². The first kappa shape index (κ1) is 14.5. The molecule has 0 amide bonds. The SMILES string of the molecule is CCCOc1cccc2c1ccn2CCC1CCCNC1. The topological polar surface area (TPSA) is 26.2 Å². The highest BCUT2D eigenvalue weighted by atomic mass is 16.5. The molecule has 1 saturated heterocycles. The third kappa shape index (κ3) is 3.41. The Kier molecular flexibility index (Phi) is 4.81. The van der Waals surface area contributed by atoms with Gasteiger partial charge in [0.1, 0.15) is 5.75 Å². The van der Waals surface area contributed by atoms with Crippen molar-refractivity contribution in [2.75, 3.05) is 19.7 Å². The third-order valence-corrected chi connectivity index (χ3v) is 4.41. The quantitative estimate of drug-likeness (QED) is 0.873. The van der Waals surface area contributed by atoms with Gasteiger partial charge in [-0.05, 0) is 62.9 Å². The molecular weight excluding hydrogens is 260 g/mol. The number of hydrogen-bond acceptors (Lipinski definition) is 2. The number of benzene rings is 1. The average Bonchev–Trinajstić information content (AvgIpc) is 2.96. The number of hydrogen-bond donors (Lipinski definition) is 1. The number of ether oxygens (including phenoxy) is 1. The van der Waals surface area contributed by atoms with Gasteiger partial charge < -0.3 is 14.6 Å². The summed E-state index contributed by atoms with van der Waals surface area (Å²) in [5.41, 5.74) is 1.30. The molecule has 1 fully saturated rings. The minimum absolute atomic E-state index is 0.790. The lowest BCUT2D eigenvalue weighted by atomic mass is 9.96. The van der Waals surface area contributed by atoms with E-state index < -0.39 is 0 Å². The van der Waals surface area contributed by atoms with Crippen LogP contribution >= 0.6 is 0 Å². The average molecular weight is 286 g/mol. The third-order valence-electron chi connectivity index (χ3n) is 4.41. The van der Waals surface area contributed by atoms with Crippen molar-refractivity contribution in [3.8, 4) is 5.75 Å². The predicted octanol–water partition coefficient (Wildman–Crippen LogP) is 3.82. The second-order valence-electron chi connectivity index (χ2n) is 6.05. The van der Waals surface area contributed by atoms with Gasteiger partial charge in [-0.1, -0.05) is 13.0 Å². The Morgan fingerprint density at radius 3 is 3.10 bits per heavy atom. The molecule has 3 nitrogen and oxygen atoms in total. The van der Waals surface area contributed by atoms with E-state index in [0.29, 0.717) is 0 Å².